The Morgan fingerprint density at radius 1 is 1.26 bits per heavy atom. The van der Waals surface area contributed by atoms with Crippen LogP contribution in [0.25, 0.3) is 10.9 Å². The van der Waals surface area contributed by atoms with Crippen molar-refractivity contribution in [2.75, 3.05) is 7.11 Å². The van der Waals surface area contributed by atoms with Crippen molar-refractivity contribution in [3.05, 3.63) is 58.4 Å². The number of benzene rings is 1. The van der Waals surface area contributed by atoms with E-state index in [2.05, 4.69) is 4.98 Å². The number of methoxy groups -OCH3 is 1. The molecule has 0 saturated heterocycles. The number of nitrogens with zero attached hydrogens (tertiary/aromatic N) is 1. The monoisotopic (exact) mass is 269 g/mol. The average molecular weight is 269 g/mol. The summed E-state index contributed by atoms with van der Waals surface area (Å²) in [6, 6.07) is 11.1. The van der Waals surface area contributed by atoms with Gasteiger partial charge < -0.3 is 4.74 Å². The number of ether oxygens (including phenoxy) is 1. The highest BCUT2D eigenvalue weighted by atomic mass is 32.1. The van der Waals surface area contributed by atoms with Crippen LogP contribution in [0.2, 0.25) is 0 Å². The Bertz CT molecular complexity index is 743. The van der Waals surface area contributed by atoms with E-state index >= 15 is 0 Å². The van der Waals surface area contributed by atoms with Gasteiger partial charge in [-0.3, -0.25) is 9.78 Å². The lowest BCUT2D eigenvalue weighted by molar-refractivity contribution is 0.104. The summed E-state index contributed by atoms with van der Waals surface area (Å²) in [6.45, 7) is 0. The quantitative estimate of drug-likeness (QED) is 0.683. The van der Waals surface area contributed by atoms with Gasteiger partial charge in [-0.05, 0) is 12.1 Å². The number of pyridine rings is 1. The maximum absolute atomic E-state index is 12.5. The number of carbonyl (C=O) groups is 1. The van der Waals surface area contributed by atoms with Gasteiger partial charge in [0.25, 0.3) is 0 Å². The summed E-state index contributed by atoms with van der Waals surface area (Å²) in [4.78, 5) is 17.5. The lowest BCUT2D eigenvalue weighted by atomic mass is 10.0. The number of carbonyl (C=O) groups excluding carboxylic acids is 1. The van der Waals surface area contributed by atoms with E-state index in [1.165, 1.54) is 11.3 Å². The molecule has 0 aliphatic carbocycles. The van der Waals surface area contributed by atoms with Crippen molar-refractivity contribution in [2.45, 2.75) is 0 Å². The van der Waals surface area contributed by atoms with Crippen molar-refractivity contribution >= 4 is 28.0 Å². The van der Waals surface area contributed by atoms with E-state index in [-0.39, 0.29) is 5.78 Å². The third kappa shape index (κ3) is 2.11. The lowest BCUT2D eigenvalue weighted by Gasteiger charge is -2.03. The third-order valence-electron chi connectivity index (χ3n) is 2.93. The zero-order valence-corrected chi connectivity index (χ0v) is 11.1. The number of ketones is 1. The first-order chi connectivity index (χ1) is 9.29. The standard InChI is InChI=1S/C15H11NO2S/c1-18-10-8-14(19-9-10)15(17)12-4-2-6-13-11(12)5-3-7-16-13/h2-9H,1H3. The van der Waals surface area contributed by atoms with Crippen molar-refractivity contribution in [2.24, 2.45) is 0 Å². The fourth-order valence-corrected chi connectivity index (χ4v) is 2.79. The van der Waals surface area contributed by atoms with Gasteiger partial charge in [0, 0.05) is 28.6 Å². The van der Waals surface area contributed by atoms with Crippen LogP contribution in [0.3, 0.4) is 0 Å². The molecule has 2 aromatic heterocycles. The Hall–Kier alpha value is -2.20. The zero-order valence-electron chi connectivity index (χ0n) is 10.3. The number of fused-ring (bicyclic) bond motifs is 1. The molecular formula is C15H11NO2S. The summed E-state index contributed by atoms with van der Waals surface area (Å²) in [5, 5.41) is 2.71. The smallest absolute Gasteiger partial charge is 0.203 e. The summed E-state index contributed by atoms with van der Waals surface area (Å²) >= 11 is 1.39. The Kier molecular flexibility index (Phi) is 3.01. The highest BCUT2D eigenvalue weighted by Crippen LogP contribution is 2.26. The molecule has 0 bridgehead atoms. The van der Waals surface area contributed by atoms with E-state index in [0.717, 1.165) is 10.9 Å². The molecule has 3 nitrogen and oxygen atoms in total. The normalized spacial score (nSPS) is 10.6. The molecule has 94 valence electrons. The Labute approximate surface area is 114 Å². The second-order valence-electron chi connectivity index (χ2n) is 4.06. The van der Waals surface area contributed by atoms with E-state index < -0.39 is 0 Å². The molecule has 1 aromatic carbocycles. The van der Waals surface area contributed by atoms with Crippen LogP contribution in [0.1, 0.15) is 15.2 Å². The largest absolute Gasteiger partial charge is 0.496 e. The number of aromatic nitrogens is 1. The summed E-state index contributed by atoms with van der Waals surface area (Å²) in [6.07, 6.45) is 1.73. The summed E-state index contributed by atoms with van der Waals surface area (Å²) < 4.78 is 5.11. The van der Waals surface area contributed by atoms with Gasteiger partial charge in [0.2, 0.25) is 5.78 Å². The van der Waals surface area contributed by atoms with E-state index in [1.807, 2.05) is 35.7 Å². The fraction of sp³-hybridized carbons (Fsp3) is 0.0667. The van der Waals surface area contributed by atoms with E-state index in [0.29, 0.717) is 16.2 Å². The van der Waals surface area contributed by atoms with Gasteiger partial charge >= 0.3 is 0 Å². The molecule has 0 radical (unpaired) electrons. The van der Waals surface area contributed by atoms with Crippen molar-refractivity contribution in [1.82, 2.24) is 4.98 Å². The Morgan fingerprint density at radius 3 is 2.95 bits per heavy atom. The molecule has 3 aromatic rings. The molecule has 0 aliphatic rings. The minimum Gasteiger partial charge on any atom is -0.496 e. The lowest BCUT2D eigenvalue weighted by Crippen LogP contribution is -1.99. The van der Waals surface area contributed by atoms with Gasteiger partial charge in [-0.2, -0.15) is 0 Å². The van der Waals surface area contributed by atoms with Gasteiger partial charge in [-0.25, -0.2) is 0 Å². The van der Waals surface area contributed by atoms with Gasteiger partial charge in [-0.1, -0.05) is 18.2 Å². The average Bonchev–Trinajstić information content (AvgIpc) is 2.95. The highest BCUT2D eigenvalue weighted by Gasteiger charge is 2.15. The predicted molar refractivity (Wildman–Crippen MR) is 76.0 cm³/mol. The Balaban J connectivity index is 2.11. The van der Waals surface area contributed by atoms with Crippen LogP contribution in [0.4, 0.5) is 0 Å². The molecule has 3 rings (SSSR count). The third-order valence-corrected chi connectivity index (χ3v) is 3.83. The first-order valence-corrected chi connectivity index (χ1v) is 6.68. The molecule has 19 heavy (non-hydrogen) atoms. The topological polar surface area (TPSA) is 39.2 Å². The molecule has 0 fully saturated rings. The molecule has 0 unspecified atom stereocenters. The van der Waals surface area contributed by atoms with Crippen molar-refractivity contribution in [3.8, 4) is 5.75 Å². The predicted octanol–water partition coefficient (Wildman–Crippen LogP) is 3.54. The number of rotatable bonds is 3. The van der Waals surface area contributed by atoms with Crippen molar-refractivity contribution in [3.63, 3.8) is 0 Å². The molecule has 0 N–H and O–H groups in total. The second-order valence-corrected chi connectivity index (χ2v) is 4.97. The fourth-order valence-electron chi connectivity index (χ4n) is 1.98. The van der Waals surface area contributed by atoms with Gasteiger partial charge in [0.15, 0.2) is 0 Å². The maximum atomic E-state index is 12.5. The first-order valence-electron chi connectivity index (χ1n) is 5.80. The zero-order chi connectivity index (χ0) is 13.2. The molecule has 0 atom stereocenters. The second kappa shape index (κ2) is 4.82. The number of hydrogen-bond acceptors (Lipinski definition) is 4. The molecule has 0 amide bonds. The van der Waals surface area contributed by atoms with Crippen LogP contribution in [0.5, 0.6) is 5.75 Å². The SMILES string of the molecule is COc1csc(C(=O)c2cccc3ncccc23)c1. The van der Waals surface area contributed by atoms with E-state index in [4.69, 9.17) is 4.74 Å². The van der Waals surface area contributed by atoms with Crippen LogP contribution in [0.15, 0.2) is 48.0 Å². The molecule has 2 heterocycles. The molecule has 4 heteroatoms. The first kappa shape index (κ1) is 11.9. The van der Waals surface area contributed by atoms with Crippen LogP contribution >= 0.6 is 11.3 Å². The highest BCUT2D eigenvalue weighted by molar-refractivity contribution is 7.12. The molecular weight excluding hydrogens is 258 g/mol. The van der Waals surface area contributed by atoms with Gasteiger partial charge in [0.05, 0.1) is 17.5 Å². The number of hydrogen-bond donors (Lipinski definition) is 0. The Morgan fingerprint density at radius 2 is 2.16 bits per heavy atom. The minimum absolute atomic E-state index is 0.00639. The summed E-state index contributed by atoms with van der Waals surface area (Å²) in [7, 11) is 1.60. The van der Waals surface area contributed by atoms with Gasteiger partial charge in [0.1, 0.15) is 5.75 Å². The van der Waals surface area contributed by atoms with E-state index in [1.54, 1.807) is 19.4 Å². The van der Waals surface area contributed by atoms with E-state index in [9.17, 15) is 4.79 Å². The van der Waals surface area contributed by atoms with Gasteiger partial charge in [-0.15, -0.1) is 11.3 Å². The maximum Gasteiger partial charge on any atom is 0.203 e. The minimum atomic E-state index is 0.00639. The summed E-state index contributed by atoms with van der Waals surface area (Å²) in [5.41, 5.74) is 1.51. The molecule has 0 aliphatic heterocycles. The van der Waals surface area contributed by atoms with Crippen molar-refractivity contribution < 1.29 is 9.53 Å². The van der Waals surface area contributed by atoms with Crippen molar-refractivity contribution in [1.29, 1.82) is 0 Å². The van der Waals surface area contributed by atoms with Crippen LogP contribution in [-0.2, 0) is 0 Å². The van der Waals surface area contributed by atoms with Crippen LogP contribution in [-0.4, -0.2) is 17.9 Å². The molecule has 0 saturated carbocycles. The molecule has 0 spiro atoms. The van der Waals surface area contributed by atoms with Crippen LogP contribution < -0.4 is 4.74 Å². The number of thiophene rings is 1. The van der Waals surface area contributed by atoms with Crippen LogP contribution in [0, 0.1) is 0 Å². The summed E-state index contributed by atoms with van der Waals surface area (Å²) in [5.74, 6) is 0.721.